The second-order valence-electron chi connectivity index (χ2n) is 3.09. The van der Waals surface area contributed by atoms with E-state index in [9.17, 15) is 4.79 Å². The summed E-state index contributed by atoms with van der Waals surface area (Å²) in [5.41, 5.74) is 5.52. The van der Waals surface area contributed by atoms with Crippen molar-refractivity contribution in [3.8, 4) is 0 Å². The van der Waals surface area contributed by atoms with Gasteiger partial charge in [-0.25, -0.2) is 0 Å². The van der Waals surface area contributed by atoms with Crippen LogP contribution in [0.15, 0.2) is 0 Å². The third kappa shape index (κ3) is 1.29. The zero-order valence-corrected chi connectivity index (χ0v) is 6.39. The number of hydrogen-bond donors (Lipinski definition) is 1. The minimum absolute atomic E-state index is 0.202. The van der Waals surface area contributed by atoms with Crippen molar-refractivity contribution in [3.63, 3.8) is 0 Å². The van der Waals surface area contributed by atoms with Crippen LogP contribution in [0.2, 0.25) is 0 Å². The van der Waals surface area contributed by atoms with E-state index >= 15 is 0 Å². The Morgan fingerprint density at radius 1 is 1.90 bits per heavy atom. The molecule has 58 valence electrons. The van der Waals surface area contributed by atoms with Crippen molar-refractivity contribution in [2.45, 2.75) is 25.3 Å². The Morgan fingerprint density at radius 3 is 2.70 bits per heavy atom. The van der Waals surface area contributed by atoms with Crippen LogP contribution in [0.1, 0.15) is 19.8 Å². The second kappa shape index (κ2) is 2.23. The fourth-order valence-electron chi connectivity index (χ4n) is 1.10. The topological polar surface area (TPSA) is 52.3 Å². The van der Waals surface area contributed by atoms with Gasteiger partial charge in [-0.05, 0) is 12.3 Å². The summed E-state index contributed by atoms with van der Waals surface area (Å²) in [6, 6.07) is 0. The molecule has 0 spiro atoms. The molecule has 0 aromatic rings. The standard InChI is InChI=1S/C7H13NO2/c1-5-3-7(5,8)4-6(9)10-2/h5H,3-4,8H2,1-2H3. The van der Waals surface area contributed by atoms with Gasteiger partial charge in [0.2, 0.25) is 0 Å². The summed E-state index contributed by atoms with van der Waals surface area (Å²) < 4.78 is 4.50. The minimum Gasteiger partial charge on any atom is -0.469 e. The maximum atomic E-state index is 10.7. The van der Waals surface area contributed by atoms with Crippen LogP contribution in [-0.2, 0) is 9.53 Å². The highest BCUT2D eigenvalue weighted by atomic mass is 16.5. The van der Waals surface area contributed by atoms with Crippen molar-refractivity contribution in [1.82, 2.24) is 0 Å². The van der Waals surface area contributed by atoms with Crippen LogP contribution in [0.25, 0.3) is 0 Å². The lowest BCUT2D eigenvalue weighted by atomic mass is 10.1. The number of esters is 1. The van der Waals surface area contributed by atoms with Gasteiger partial charge >= 0.3 is 5.97 Å². The van der Waals surface area contributed by atoms with E-state index in [-0.39, 0.29) is 11.5 Å². The largest absolute Gasteiger partial charge is 0.469 e. The lowest BCUT2D eigenvalue weighted by Crippen LogP contribution is -2.28. The average Bonchev–Trinajstić information content (AvgIpc) is 2.40. The third-order valence-electron chi connectivity index (χ3n) is 2.21. The van der Waals surface area contributed by atoms with E-state index in [4.69, 9.17) is 5.73 Å². The lowest BCUT2D eigenvalue weighted by Gasteiger charge is -2.06. The molecule has 2 N–H and O–H groups in total. The Hall–Kier alpha value is -0.570. The summed E-state index contributed by atoms with van der Waals surface area (Å²) in [6.07, 6.45) is 1.31. The molecule has 0 aromatic heterocycles. The first-order valence-corrected chi connectivity index (χ1v) is 3.44. The smallest absolute Gasteiger partial charge is 0.307 e. The van der Waals surface area contributed by atoms with Crippen molar-refractivity contribution in [3.05, 3.63) is 0 Å². The van der Waals surface area contributed by atoms with Crippen LogP contribution in [0, 0.1) is 5.92 Å². The normalized spacial score (nSPS) is 37.3. The molecule has 0 bridgehead atoms. The van der Waals surface area contributed by atoms with Gasteiger partial charge in [0.05, 0.1) is 13.5 Å². The van der Waals surface area contributed by atoms with Gasteiger partial charge in [-0.3, -0.25) is 4.79 Å². The number of carbonyl (C=O) groups excluding carboxylic acids is 1. The molecule has 1 fully saturated rings. The molecular formula is C7H13NO2. The van der Waals surface area contributed by atoms with Crippen molar-refractivity contribution in [2.24, 2.45) is 11.7 Å². The molecule has 3 nitrogen and oxygen atoms in total. The molecule has 0 aromatic carbocycles. The van der Waals surface area contributed by atoms with E-state index in [0.717, 1.165) is 6.42 Å². The number of methoxy groups -OCH3 is 1. The van der Waals surface area contributed by atoms with Crippen molar-refractivity contribution < 1.29 is 9.53 Å². The molecule has 1 aliphatic carbocycles. The monoisotopic (exact) mass is 143 g/mol. The first kappa shape index (κ1) is 7.54. The minimum atomic E-state index is -0.243. The highest BCUT2D eigenvalue weighted by Gasteiger charge is 2.49. The van der Waals surface area contributed by atoms with Crippen molar-refractivity contribution >= 4 is 5.97 Å². The maximum absolute atomic E-state index is 10.7. The number of hydrogen-bond acceptors (Lipinski definition) is 3. The highest BCUT2D eigenvalue weighted by molar-refractivity contribution is 5.71. The lowest BCUT2D eigenvalue weighted by molar-refractivity contribution is -0.141. The Labute approximate surface area is 60.5 Å². The molecule has 0 saturated heterocycles. The predicted molar refractivity (Wildman–Crippen MR) is 37.3 cm³/mol. The van der Waals surface area contributed by atoms with Crippen molar-refractivity contribution in [1.29, 1.82) is 0 Å². The first-order chi connectivity index (χ1) is 4.58. The molecule has 2 atom stereocenters. The molecule has 1 rings (SSSR count). The Kier molecular flexibility index (Phi) is 1.68. The first-order valence-electron chi connectivity index (χ1n) is 3.44. The zero-order chi connectivity index (χ0) is 7.78. The summed E-state index contributed by atoms with van der Waals surface area (Å²) in [6.45, 7) is 2.04. The Morgan fingerprint density at radius 2 is 2.40 bits per heavy atom. The quantitative estimate of drug-likeness (QED) is 0.565. The number of nitrogens with two attached hydrogens (primary N) is 1. The van der Waals surface area contributed by atoms with Gasteiger partial charge in [0.15, 0.2) is 0 Å². The molecule has 2 unspecified atom stereocenters. The summed E-state index contributed by atoms with van der Waals surface area (Å²) in [5.74, 6) is 0.276. The summed E-state index contributed by atoms with van der Waals surface area (Å²) in [7, 11) is 1.39. The number of rotatable bonds is 2. The molecule has 3 heteroatoms. The number of carbonyl (C=O) groups is 1. The van der Waals surface area contributed by atoms with Gasteiger partial charge < -0.3 is 10.5 Å². The van der Waals surface area contributed by atoms with Crippen LogP contribution in [0.3, 0.4) is 0 Å². The van der Waals surface area contributed by atoms with Gasteiger partial charge in [0.25, 0.3) is 0 Å². The summed E-state index contributed by atoms with van der Waals surface area (Å²) >= 11 is 0. The molecular weight excluding hydrogens is 130 g/mol. The van der Waals surface area contributed by atoms with E-state index in [0.29, 0.717) is 12.3 Å². The second-order valence-corrected chi connectivity index (χ2v) is 3.09. The zero-order valence-electron chi connectivity index (χ0n) is 6.39. The van der Waals surface area contributed by atoms with Gasteiger partial charge in [0.1, 0.15) is 0 Å². The van der Waals surface area contributed by atoms with Gasteiger partial charge in [-0.2, -0.15) is 0 Å². The fraction of sp³-hybridized carbons (Fsp3) is 0.857. The van der Waals surface area contributed by atoms with Crippen LogP contribution in [-0.4, -0.2) is 18.6 Å². The summed E-state index contributed by atoms with van der Waals surface area (Å²) in [4.78, 5) is 10.7. The van der Waals surface area contributed by atoms with Crippen LogP contribution < -0.4 is 5.73 Å². The molecule has 1 saturated carbocycles. The van der Waals surface area contributed by atoms with Crippen molar-refractivity contribution in [2.75, 3.05) is 7.11 Å². The van der Waals surface area contributed by atoms with Gasteiger partial charge in [-0.1, -0.05) is 6.92 Å². The summed E-state index contributed by atoms with van der Waals surface area (Å²) in [5, 5.41) is 0. The third-order valence-corrected chi connectivity index (χ3v) is 2.21. The van der Waals surface area contributed by atoms with E-state index in [1.807, 2.05) is 6.92 Å². The van der Waals surface area contributed by atoms with Crippen LogP contribution in [0.5, 0.6) is 0 Å². The van der Waals surface area contributed by atoms with E-state index in [1.165, 1.54) is 7.11 Å². The van der Waals surface area contributed by atoms with Crippen LogP contribution >= 0.6 is 0 Å². The predicted octanol–water partition coefficient (Wildman–Crippen LogP) is 0.287. The SMILES string of the molecule is COC(=O)CC1(N)CC1C. The van der Waals surface area contributed by atoms with E-state index in [1.54, 1.807) is 0 Å². The van der Waals surface area contributed by atoms with E-state index in [2.05, 4.69) is 4.74 Å². The molecule has 0 amide bonds. The Balaban J connectivity index is 2.33. The molecule has 1 aliphatic rings. The van der Waals surface area contributed by atoms with E-state index < -0.39 is 0 Å². The molecule has 0 radical (unpaired) electrons. The molecule has 0 aliphatic heterocycles. The fourth-order valence-corrected chi connectivity index (χ4v) is 1.10. The Bertz CT molecular complexity index is 158. The highest BCUT2D eigenvalue weighted by Crippen LogP contribution is 2.43. The number of ether oxygens (including phenoxy) is 1. The molecule has 0 heterocycles. The molecule has 10 heavy (non-hydrogen) atoms. The van der Waals surface area contributed by atoms with Gasteiger partial charge in [-0.15, -0.1) is 0 Å². The maximum Gasteiger partial charge on any atom is 0.307 e. The van der Waals surface area contributed by atoms with Gasteiger partial charge in [0, 0.05) is 5.54 Å². The average molecular weight is 143 g/mol. The van der Waals surface area contributed by atoms with Crippen LogP contribution in [0.4, 0.5) is 0 Å².